The molecule has 0 unspecified atom stereocenters. The smallest absolute Gasteiger partial charge is 0.255 e. The average molecular weight is 437 g/mol. The van der Waals surface area contributed by atoms with E-state index >= 15 is 0 Å². The SMILES string of the molecule is Cc1ccc(-c2cn3ccccc3n2)cc1NC(=O)c1cccc(Oc2ccc(F)cc2)c1. The molecule has 3 aromatic carbocycles. The summed E-state index contributed by atoms with van der Waals surface area (Å²) in [6.07, 6.45) is 3.91. The summed E-state index contributed by atoms with van der Waals surface area (Å²) < 4.78 is 20.8. The number of imidazole rings is 1. The van der Waals surface area contributed by atoms with Crippen molar-refractivity contribution in [3.05, 3.63) is 114 Å². The average Bonchev–Trinajstić information content (AvgIpc) is 3.26. The van der Waals surface area contributed by atoms with Gasteiger partial charge in [-0.1, -0.05) is 24.3 Å². The van der Waals surface area contributed by atoms with E-state index in [0.717, 1.165) is 22.5 Å². The van der Waals surface area contributed by atoms with E-state index in [2.05, 4.69) is 10.3 Å². The molecule has 33 heavy (non-hydrogen) atoms. The van der Waals surface area contributed by atoms with Crippen LogP contribution in [-0.4, -0.2) is 15.3 Å². The van der Waals surface area contributed by atoms with E-state index in [1.54, 1.807) is 24.3 Å². The second-order valence-corrected chi connectivity index (χ2v) is 7.66. The Kier molecular flexibility index (Phi) is 5.32. The summed E-state index contributed by atoms with van der Waals surface area (Å²) in [5.41, 5.74) is 4.69. The van der Waals surface area contributed by atoms with Crippen molar-refractivity contribution in [1.82, 2.24) is 9.38 Å². The van der Waals surface area contributed by atoms with E-state index in [1.165, 1.54) is 24.3 Å². The topological polar surface area (TPSA) is 55.6 Å². The molecule has 0 radical (unpaired) electrons. The summed E-state index contributed by atoms with van der Waals surface area (Å²) in [5, 5.41) is 2.99. The van der Waals surface area contributed by atoms with Crippen LogP contribution >= 0.6 is 0 Å². The Morgan fingerprint density at radius 1 is 0.939 bits per heavy atom. The van der Waals surface area contributed by atoms with E-state index in [1.807, 2.05) is 60.1 Å². The maximum atomic E-state index is 13.1. The number of amides is 1. The number of nitrogens with one attached hydrogen (secondary N) is 1. The molecule has 2 aromatic heterocycles. The normalized spacial score (nSPS) is 10.8. The highest BCUT2D eigenvalue weighted by Crippen LogP contribution is 2.27. The molecule has 2 heterocycles. The number of aromatic nitrogens is 2. The summed E-state index contributed by atoms with van der Waals surface area (Å²) in [7, 11) is 0. The van der Waals surface area contributed by atoms with Gasteiger partial charge in [-0.05, 0) is 73.2 Å². The van der Waals surface area contributed by atoms with Crippen LogP contribution in [0.25, 0.3) is 16.9 Å². The number of fused-ring (bicyclic) bond motifs is 1. The Labute approximate surface area is 190 Å². The lowest BCUT2D eigenvalue weighted by atomic mass is 10.1. The molecule has 6 heteroatoms. The Morgan fingerprint density at radius 3 is 2.61 bits per heavy atom. The quantitative estimate of drug-likeness (QED) is 0.342. The van der Waals surface area contributed by atoms with Crippen molar-refractivity contribution in [2.24, 2.45) is 0 Å². The first-order valence-electron chi connectivity index (χ1n) is 10.4. The number of nitrogens with zero attached hydrogens (tertiary/aromatic N) is 2. The van der Waals surface area contributed by atoms with Gasteiger partial charge >= 0.3 is 0 Å². The molecule has 0 fully saturated rings. The summed E-state index contributed by atoms with van der Waals surface area (Å²) in [4.78, 5) is 17.6. The first-order valence-corrected chi connectivity index (χ1v) is 10.4. The number of anilines is 1. The number of pyridine rings is 1. The molecule has 1 amide bonds. The molecule has 0 aliphatic carbocycles. The molecule has 162 valence electrons. The van der Waals surface area contributed by atoms with E-state index in [9.17, 15) is 9.18 Å². The second kappa shape index (κ2) is 8.59. The first kappa shape index (κ1) is 20.5. The number of carbonyl (C=O) groups excluding carboxylic acids is 1. The van der Waals surface area contributed by atoms with Gasteiger partial charge in [0.1, 0.15) is 23.0 Å². The number of hydrogen-bond acceptors (Lipinski definition) is 3. The van der Waals surface area contributed by atoms with Gasteiger partial charge in [0.15, 0.2) is 0 Å². The van der Waals surface area contributed by atoms with Crippen LogP contribution in [0.1, 0.15) is 15.9 Å². The van der Waals surface area contributed by atoms with E-state index in [4.69, 9.17) is 4.74 Å². The molecule has 0 bridgehead atoms. The van der Waals surface area contributed by atoms with Gasteiger partial charge in [-0.2, -0.15) is 0 Å². The number of ether oxygens (including phenoxy) is 1. The van der Waals surface area contributed by atoms with Gasteiger partial charge in [0.05, 0.1) is 5.69 Å². The molecule has 5 aromatic rings. The van der Waals surface area contributed by atoms with Gasteiger partial charge in [-0.25, -0.2) is 9.37 Å². The van der Waals surface area contributed by atoms with Gasteiger partial charge in [0, 0.05) is 29.2 Å². The van der Waals surface area contributed by atoms with Crippen molar-refractivity contribution in [2.45, 2.75) is 6.92 Å². The van der Waals surface area contributed by atoms with Crippen molar-refractivity contribution in [1.29, 1.82) is 0 Å². The van der Waals surface area contributed by atoms with Crippen LogP contribution in [-0.2, 0) is 0 Å². The Morgan fingerprint density at radius 2 is 1.79 bits per heavy atom. The summed E-state index contributed by atoms with van der Waals surface area (Å²) in [6.45, 7) is 1.94. The fourth-order valence-corrected chi connectivity index (χ4v) is 3.52. The third kappa shape index (κ3) is 4.45. The van der Waals surface area contributed by atoms with Crippen LogP contribution in [0.2, 0.25) is 0 Å². The van der Waals surface area contributed by atoms with E-state index in [-0.39, 0.29) is 11.7 Å². The number of halogens is 1. The molecule has 1 N–H and O–H groups in total. The number of rotatable bonds is 5. The molecular weight excluding hydrogens is 417 g/mol. The lowest BCUT2D eigenvalue weighted by molar-refractivity contribution is 0.102. The fraction of sp³-hybridized carbons (Fsp3) is 0.0370. The van der Waals surface area contributed by atoms with Crippen LogP contribution in [0, 0.1) is 12.7 Å². The van der Waals surface area contributed by atoms with Crippen LogP contribution in [0.3, 0.4) is 0 Å². The summed E-state index contributed by atoms with van der Waals surface area (Å²) in [6, 6.07) is 24.3. The Bertz CT molecular complexity index is 1430. The van der Waals surface area contributed by atoms with Crippen LogP contribution in [0.15, 0.2) is 97.3 Å². The second-order valence-electron chi connectivity index (χ2n) is 7.66. The van der Waals surface area contributed by atoms with Crippen LogP contribution in [0.4, 0.5) is 10.1 Å². The first-order chi connectivity index (χ1) is 16.0. The fourth-order valence-electron chi connectivity index (χ4n) is 3.52. The predicted octanol–water partition coefficient (Wildman–Crippen LogP) is 6.49. The molecule has 0 aliphatic rings. The maximum absolute atomic E-state index is 13.1. The minimum Gasteiger partial charge on any atom is -0.457 e. The third-order valence-electron chi connectivity index (χ3n) is 5.29. The van der Waals surface area contributed by atoms with Gasteiger partial charge in [-0.3, -0.25) is 4.79 Å². The van der Waals surface area contributed by atoms with Crippen molar-refractivity contribution < 1.29 is 13.9 Å². The zero-order valence-corrected chi connectivity index (χ0v) is 17.8. The van der Waals surface area contributed by atoms with Crippen LogP contribution in [0.5, 0.6) is 11.5 Å². The summed E-state index contributed by atoms with van der Waals surface area (Å²) in [5.74, 6) is 0.390. The van der Waals surface area contributed by atoms with Gasteiger partial charge in [0.25, 0.3) is 5.91 Å². The number of benzene rings is 3. The lowest BCUT2D eigenvalue weighted by Crippen LogP contribution is -2.12. The third-order valence-corrected chi connectivity index (χ3v) is 5.29. The molecule has 0 spiro atoms. The largest absolute Gasteiger partial charge is 0.457 e. The van der Waals surface area contributed by atoms with Gasteiger partial charge in [0.2, 0.25) is 0 Å². The zero-order valence-electron chi connectivity index (χ0n) is 17.8. The van der Waals surface area contributed by atoms with Gasteiger partial charge in [-0.15, -0.1) is 0 Å². The maximum Gasteiger partial charge on any atom is 0.255 e. The highest BCUT2D eigenvalue weighted by Gasteiger charge is 2.12. The molecule has 0 aliphatic heterocycles. The highest BCUT2D eigenvalue weighted by atomic mass is 19.1. The lowest BCUT2D eigenvalue weighted by Gasteiger charge is -2.11. The van der Waals surface area contributed by atoms with Crippen molar-refractivity contribution in [3.63, 3.8) is 0 Å². The number of carbonyl (C=O) groups is 1. The van der Waals surface area contributed by atoms with Crippen LogP contribution < -0.4 is 10.1 Å². The minimum absolute atomic E-state index is 0.255. The monoisotopic (exact) mass is 437 g/mol. The molecular formula is C27H20FN3O2. The van der Waals surface area contributed by atoms with Crippen molar-refractivity contribution >= 4 is 17.2 Å². The minimum atomic E-state index is -0.336. The van der Waals surface area contributed by atoms with Crippen molar-refractivity contribution in [3.8, 4) is 22.8 Å². The summed E-state index contributed by atoms with van der Waals surface area (Å²) >= 11 is 0. The molecule has 0 saturated heterocycles. The van der Waals surface area contributed by atoms with Crippen molar-refractivity contribution in [2.75, 3.05) is 5.32 Å². The van der Waals surface area contributed by atoms with Gasteiger partial charge < -0.3 is 14.5 Å². The number of aryl methyl sites for hydroxylation is 1. The number of hydrogen-bond donors (Lipinski definition) is 1. The predicted molar refractivity (Wildman–Crippen MR) is 126 cm³/mol. The standard InChI is InChI=1S/C27H20FN3O2/c1-18-8-9-19(25-17-31-14-3-2-7-26(31)29-25)16-24(18)30-27(32)20-5-4-6-23(15-20)33-22-12-10-21(28)11-13-22/h2-17H,1H3,(H,30,32). The van der Waals surface area contributed by atoms with E-state index < -0.39 is 0 Å². The Balaban J connectivity index is 1.37. The zero-order chi connectivity index (χ0) is 22.8. The molecule has 5 nitrogen and oxygen atoms in total. The van der Waals surface area contributed by atoms with E-state index in [0.29, 0.717) is 22.7 Å². The molecule has 0 saturated carbocycles. The molecule has 0 atom stereocenters. The molecule has 5 rings (SSSR count). The highest BCUT2D eigenvalue weighted by molar-refractivity contribution is 6.05. The Hall–Kier alpha value is -4.45.